The number of aromatic nitrogens is 2. The van der Waals surface area contributed by atoms with Gasteiger partial charge in [-0.2, -0.15) is 0 Å². The number of hydrogen-bond donors (Lipinski definition) is 2. The van der Waals surface area contributed by atoms with Crippen LogP contribution < -0.4 is 0 Å². The molecule has 2 aromatic heterocycles. The molecule has 0 saturated carbocycles. The molecule has 7 heteroatoms. The van der Waals surface area contributed by atoms with Gasteiger partial charge in [0.2, 0.25) is 0 Å². The summed E-state index contributed by atoms with van der Waals surface area (Å²) in [5, 5.41) is 2.37. The van der Waals surface area contributed by atoms with E-state index in [1.165, 1.54) is 31.2 Å². The number of aromatic amines is 2. The van der Waals surface area contributed by atoms with E-state index in [9.17, 15) is 9.59 Å². The van der Waals surface area contributed by atoms with Gasteiger partial charge >= 0.3 is 11.9 Å². The SMILES string of the molecule is Brc1cccc2cc[nH]c12.C=CC(=O)OC.COC(=O)/C=C/c1cccc2cc[nH]c12. The van der Waals surface area contributed by atoms with Crippen LogP contribution in [-0.4, -0.2) is 36.1 Å². The summed E-state index contributed by atoms with van der Waals surface area (Å²) < 4.78 is 9.79. The lowest BCUT2D eigenvalue weighted by Gasteiger charge is -1.96. The number of ether oxygens (including phenoxy) is 2. The Labute approximate surface area is 188 Å². The average Bonchev–Trinajstić information content (AvgIpc) is 3.48. The largest absolute Gasteiger partial charge is 0.466 e. The number of carbonyl (C=O) groups is 2. The van der Waals surface area contributed by atoms with Crippen LogP contribution in [0.15, 0.2) is 84.1 Å². The van der Waals surface area contributed by atoms with Crippen molar-refractivity contribution in [3.05, 3.63) is 89.7 Å². The van der Waals surface area contributed by atoms with E-state index in [4.69, 9.17) is 0 Å². The van der Waals surface area contributed by atoms with Crippen LogP contribution in [0.3, 0.4) is 0 Å². The van der Waals surface area contributed by atoms with Gasteiger partial charge in [-0.3, -0.25) is 0 Å². The molecule has 0 amide bonds. The summed E-state index contributed by atoms with van der Waals surface area (Å²) in [7, 11) is 2.67. The van der Waals surface area contributed by atoms with Gasteiger partial charge in [-0.15, -0.1) is 0 Å². The summed E-state index contributed by atoms with van der Waals surface area (Å²) in [6.45, 7) is 3.16. The van der Waals surface area contributed by atoms with E-state index >= 15 is 0 Å². The first-order valence-electron chi connectivity index (χ1n) is 9.24. The summed E-state index contributed by atoms with van der Waals surface area (Å²) in [5.74, 6) is -0.742. The molecule has 0 aliphatic heterocycles. The number of benzene rings is 2. The Morgan fingerprint density at radius 2 is 1.45 bits per heavy atom. The number of methoxy groups -OCH3 is 2. The van der Waals surface area contributed by atoms with Gasteiger partial charge in [-0.05, 0) is 51.2 Å². The van der Waals surface area contributed by atoms with E-state index in [1.54, 1.807) is 6.08 Å². The highest BCUT2D eigenvalue weighted by Gasteiger charge is 1.99. The lowest BCUT2D eigenvalue weighted by atomic mass is 10.1. The predicted molar refractivity (Wildman–Crippen MR) is 128 cm³/mol. The highest BCUT2D eigenvalue weighted by Crippen LogP contribution is 2.21. The number of fused-ring (bicyclic) bond motifs is 2. The van der Waals surface area contributed by atoms with E-state index in [0.29, 0.717) is 0 Å². The molecule has 0 unspecified atom stereocenters. The molecule has 4 rings (SSSR count). The van der Waals surface area contributed by atoms with Crippen molar-refractivity contribution in [3.63, 3.8) is 0 Å². The molecule has 0 fully saturated rings. The summed E-state index contributed by atoms with van der Waals surface area (Å²) >= 11 is 3.44. The van der Waals surface area contributed by atoms with Crippen molar-refractivity contribution in [2.75, 3.05) is 14.2 Å². The Bertz CT molecular complexity index is 1190. The zero-order chi connectivity index (χ0) is 22.6. The van der Waals surface area contributed by atoms with Crippen molar-refractivity contribution < 1.29 is 19.1 Å². The first-order chi connectivity index (χ1) is 15.0. The minimum atomic E-state index is -0.394. The lowest BCUT2D eigenvalue weighted by Crippen LogP contribution is -1.93. The average molecular weight is 483 g/mol. The highest BCUT2D eigenvalue weighted by molar-refractivity contribution is 9.10. The standard InChI is InChI=1S/C12H11NO2.C8H6BrN.C4H6O2/c1-15-11(14)6-5-9-3-2-4-10-7-8-13-12(9)10;9-7-3-1-2-6-4-5-10-8(6)7;1-3-4(5)6-2/h2-8,13H,1H3;1-5,10H;3H,1H2,2H3/b6-5+;;. The molecule has 0 atom stereocenters. The normalized spacial score (nSPS) is 10.0. The highest BCUT2D eigenvalue weighted by atomic mass is 79.9. The second-order valence-corrected chi connectivity index (χ2v) is 6.91. The Hall–Kier alpha value is -3.58. The van der Waals surface area contributed by atoms with Gasteiger partial charge in [-0.25, -0.2) is 9.59 Å². The van der Waals surface area contributed by atoms with E-state index < -0.39 is 5.97 Å². The second-order valence-electron chi connectivity index (χ2n) is 6.05. The van der Waals surface area contributed by atoms with Crippen molar-refractivity contribution in [1.29, 1.82) is 0 Å². The van der Waals surface area contributed by atoms with E-state index in [1.807, 2.05) is 48.8 Å². The van der Waals surface area contributed by atoms with Gasteiger partial charge < -0.3 is 19.4 Å². The number of para-hydroxylation sites is 2. The van der Waals surface area contributed by atoms with Gasteiger partial charge in [0.05, 0.1) is 25.3 Å². The molecular weight excluding hydrogens is 460 g/mol. The molecule has 31 heavy (non-hydrogen) atoms. The van der Waals surface area contributed by atoms with Crippen LogP contribution in [0.25, 0.3) is 27.9 Å². The molecule has 0 bridgehead atoms. The molecule has 6 nitrogen and oxygen atoms in total. The van der Waals surface area contributed by atoms with Crippen LogP contribution in [-0.2, 0) is 19.1 Å². The minimum absolute atomic E-state index is 0.349. The zero-order valence-corrected chi connectivity index (χ0v) is 18.8. The lowest BCUT2D eigenvalue weighted by molar-refractivity contribution is -0.135. The minimum Gasteiger partial charge on any atom is -0.466 e. The summed E-state index contributed by atoms with van der Waals surface area (Å²) in [4.78, 5) is 27.0. The van der Waals surface area contributed by atoms with Crippen LogP contribution in [0.5, 0.6) is 0 Å². The Kier molecular flexibility index (Phi) is 9.32. The van der Waals surface area contributed by atoms with Gasteiger partial charge in [0, 0.05) is 34.4 Å². The number of hydrogen-bond acceptors (Lipinski definition) is 4. The molecule has 2 N–H and O–H groups in total. The summed E-state index contributed by atoms with van der Waals surface area (Å²) in [6.07, 6.45) is 8.08. The van der Waals surface area contributed by atoms with Gasteiger partial charge in [-0.1, -0.05) is 36.9 Å². The quantitative estimate of drug-likeness (QED) is 0.292. The number of H-pyrrole nitrogens is 2. The van der Waals surface area contributed by atoms with Gasteiger partial charge in [0.15, 0.2) is 0 Å². The van der Waals surface area contributed by atoms with Crippen LogP contribution in [0.4, 0.5) is 0 Å². The third kappa shape index (κ3) is 7.01. The van der Waals surface area contributed by atoms with Crippen LogP contribution in [0.1, 0.15) is 5.56 Å². The fraction of sp³-hybridized carbons (Fsp3) is 0.0833. The molecule has 2 aromatic carbocycles. The van der Waals surface area contributed by atoms with E-state index in [-0.39, 0.29) is 5.97 Å². The van der Waals surface area contributed by atoms with Crippen LogP contribution in [0.2, 0.25) is 0 Å². The van der Waals surface area contributed by atoms with E-state index in [2.05, 4.69) is 54.1 Å². The molecule has 0 saturated heterocycles. The maximum Gasteiger partial charge on any atom is 0.330 e. The first kappa shape index (κ1) is 23.7. The molecule has 2 heterocycles. The van der Waals surface area contributed by atoms with Crippen molar-refractivity contribution in [3.8, 4) is 0 Å². The van der Waals surface area contributed by atoms with Crippen molar-refractivity contribution in [1.82, 2.24) is 9.97 Å². The Morgan fingerprint density at radius 1 is 0.871 bits per heavy atom. The predicted octanol–water partition coefficient (Wildman–Crippen LogP) is 5.63. The summed E-state index contributed by atoms with van der Waals surface area (Å²) in [6, 6.07) is 16.1. The molecule has 4 aromatic rings. The van der Waals surface area contributed by atoms with Crippen molar-refractivity contribution in [2.45, 2.75) is 0 Å². The third-order valence-electron chi connectivity index (χ3n) is 4.12. The fourth-order valence-corrected chi connectivity index (χ4v) is 3.10. The van der Waals surface area contributed by atoms with Gasteiger partial charge in [0.1, 0.15) is 0 Å². The number of esters is 2. The number of carbonyl (C=O) groups excluding carboxylic acids is 2. The third-order valence-corrected chi connectivity index (χ3v) is 4.78. The molecule has 0 radical (unpaired) electrons. The molecule has 0 aliphatic carbocycles. The molecule has 0 aliphatic rings. The number of rotatable bonds is 3. The van der Waals surface area contributed by atoms with Crippen LogP contribution in [0, 0.1) is 0 Å². The number of halogens is 1. The fourth-order valence-electron chi connectivity index (χ4n) is 2.60. The smallest absolute Gasteiger partial charge is 0.330 e. The summed E-state index contributed by atoms with van der Waals surface area (Å²) in [5.41, 5.74) is 3.17. The van der Waals surface area contributed by atoms with Gasteiger partial charge in [0.25, 0.3) is 0 Å². The maximum absolute atomic E-state index is 10.9. The van der Waals surface area contributed by atoms with Crippen molar-refractivity contribution >= 4 is 55.8 Å². The van der Waals surface area contributed by atoms with Crippen molar-refractivity contribution in [2.24, 2.45) is 0 Å². The van der Waals surface area contributed by atoms with Crippen LogP contribution >= 0.6 is 15.9 Å². The molecule has 0 spiro atoms. The Morgan fingerprint density at radius 3 is 2.00 bits per heavy atom. The monoisotopic (exact) mass is 482 g/mol. The molecular formula is C24H23BrN2O4. The number of nitrogens with one attached hydrogen (secondary N) is 2. The second kappa shape index (κ2) is 12.2. The Balaban J connectivity index is 0.000000184. The maximum atomic E-state index is 10.9. The first-order valence-corrected chi connectivity index (χ1v) is 10.0. The molecule has 160 valence electrons. The topological polar surface area (TPSA) is 84.2 Å². The van der Waals surface area contributed by atoms with E-state index in [0.717, 1.165) is 27.0 Å². The zero-order valence-electron chi connectivity index (χ0n) is 17.2.